The molecule has 0 atom stereocenters. The van der Waals surface area contributed by atoms with Crippen molar-refractivity contribution in [3.8, 4) is 0 Å². The van der Waals surface area contributed by atoms with Crippen molar-refractivity contribution < 1.29 is 4.79 Å². The summed E-state index contributed by atoms with van der Waals surface area (Å²) >= 11 is 5.71. The van der Waals surface area contributed by atoms with Crippen molar-refractivity contribution in [3.05, 3.63) is 33.7 Å². The van der Waals surface area contributed by atoms with E-state index in [0.29, 0.717) is 0 Å². The summed E-state index contributed by atoms with van der Waals surface area (Å²) in [5.74, 6) is -0.162. The van der Waals surface area contributed by atoms with E-state index in [0.717, 1.165) is 0 Å². The van der Waals surface area contributed by atoms with Crippen molar-refractivity contribution in [1.82, 2.24) is 9.88 Å². The van der Waals surface area contributed by atoms with Crippen LogP contribution in [-0.4, -0.2) is 17.5 Å². The Balaban J connectivity index is 2.90. The number of halogens is 1. The SMILES string of the molecule is CNC(=O)Cn1ccc(=O)cc1Cl. The van der Waals surface area contributed by atoms with E-state index in [4.69, 9.17) is 11.6 Å². The summed E-state index contributed by atoms with van der Waals surface area (Å²) in [5, 5.41) is 2.72. The van der Waals surface area contributed by atoms with Crippen molar-refractivity contribution in [3.63, 3.8) is 0 Å². The lowest BCUT2D eigenvalue weighted by Crippen LogP contribution is -2.24. The highest BCUT2D eigenvalue weighted by atomic mass is 35.5. The number of hydrogen-bond donors (Lipinski definition) is 1. The van der Waals surface area contributed by atoms with Gasteiger partial charge in [0.2, 0.25) is 5.91 Å². The van der Waals surface area contributed by atoms with E-state index in [-0.39, 0.29) is 23.0 Å². The van der Waals surface area contributed by atoms with E-state index in [9.17, 15) is 9.59 Å². The molecule has 13 heavy (non-hydrogen) atoms. The molecule has 0 bridgehead atoms. The summed E-state index contributed by atoms with van der Waals surface area (Å²) in [6.45, 7) is 0.121. The van der Waals surface area contributed by atoms with Crippen LogP contribution in [0.1, 0.15) is 0 Å². The summed E-state index contributed by atoms with van der Waals surface area (Å²) in [4.78, 5) is 21.7. The number of rotatable bonds is 2. The Bertz CT molecular complexity index is 373. The van der Waals surface area contributed by atoms with E-state index in [1.165, 1.54) is 22.9 Å². The standard InChI is InChI=1S/C8H9ClN2O2/c1-10-8(13)5-11-3-2-6(12)4-7(11)9/h2-4H,5H2,1H3,(H,10,13). The van der Waals surface area contributed by atoms with Gasteiger partial charge in [0.15, 0.2) is 5.43 Å². The quantitative estimate of drug-likeness (QED) is 0.696. The normalized spacial score (nSPS) is 9.69. The molecule has 0 fully saturated rings. The van der Waals surface area contributed by atoms with Crippen LogP contribution >= 0.6 is 11.6 Å². The fourth-order valence-corrected chi connectivity index (χ4v) is 1.07. The molecule has 5 heteroatoms. The number of carbonyl (C=O) groups excluding carboxylic acids is 1. The van der Waals surface area contributed by atoms with E-state index >= 15 is 0 Å². The predicted octanol–water partition coefficient (Wildman–Crippen LogP) is 0.248. The smallest absolute Gasteiger partial charge is 0.239 e. The molecule has 0 spiro atoms. The van der Waals surface area contributed by atoms with Crippen LogP contribution in [0.4, 0.5) is 0 Å². The molecule has 70 valence electrons. The average Bonchev–Trinajstić information content (AvgIpc) is 2.09. The van der Waals surface area contributed by atoms with Crippen molar-refractivity contribution >= 4 is 17.5 Å². The van der Waals surface area contributed by atoms with Gasteiger partial charge in [-0.1, -0.05) is 11.6 Å². The molecule has 0 aliphatic carbocycles. The van der Waals surface area contributed by atoms with Crippen molar-refractivity contribution in [2.45, 2.75) is 6.54 Å². The summed E-state index contributed by atoms with van der Waals surface area (Å²) in [5.41, 5.74) is -0.168. The Kier molecular flexibility index (Phi) is 3.08. The van der Waals surface area contributed by atoms with Gasteiger partial charge in [-0.25, -0.2) is 0 Å². The van der Waals surface area contributed by atoms with Gasteiger partial charge in [-0.15, -0.1) is 0 Å². The largest absolute Gasteiger partial charge is 0.358 e. The van der Waals surface area contributed by atoms with Gasteiger partial charge < -0.3 is 9.88 Å². The van der Waals surface area contributed by atoms with Gasteiger partial charge in [0.1, 0.15) is 11.7 Å². The van der Waals surface area contributed by atoms with Crippen LogP contribution in [0.15, 0.2) is 23.1 Å². The minimum absolute atomic E-state index is 0.121. The monoisotopic (exact) mass is 200 g/mol. The number of amides is 1. The van der Waals surface area contributed by atoms with Gasteiger partial charge in [-0.05, 0) is 0 Å². The Hall–Kier alpha value is -1.29. The molecule has 0 aliphatic heterocycles. The molecule has 0 saturated heterocycles. The third-order valence-corrected chi connectivity index (χ3v) is 1.87. The van der Waals surface area contributed by atoms with Crippen LogP contribution in [-0.2, 0) is 11.3 Å². The number of hydrogen-bond acceptors (Lipinski definition) is 2. The number of nitrogens with zero attached hydrogens (tertiary/aromatic N) is 1. The van der Waals surface area contributed by atoms with Crippen molar-refractivity contribution in [2.24, 2.45) is 0 Å². The first-order valence-corrected chi connectivity index (χ1v) is 4.08. The average molecular weight is 201 g/mol. The highest BCUT2D eigenvalue weighted by molar-refractivity contribution is 6.29. The second-order valence-electron chi connectivity index (χ2n) is 2.49. The molecule has 0 radical (unpaired) electrons. The highest BCUT2D eigenvalue weighted by Gasteiger charge is 2.01. The Labute approximate surface area is 80.1 Å². The van der Waals surface area contributed by atoms with E-state index in [1.54, 1.807) is 7.05 Å². The van der Waals surface area contributed by atoms with E-state index in [2.05, 4.69) is 5.32 Å². The molecule has 0 aliphatic rings. The lowest BCUT2D eigenvalue weighted by molar-refractivity contribution is -0.121. The minimum atomic E-state index is -0.168. The van der Waals surface area contributed by atoms with Crippen LogP contribution in [0.2, 0.25) is 5.15 Å². The summed E-state index contributed by atoms with van der Waals surface area (Å²) < 4.78 is 1.49. The fraction of sp³-hybridized carbons (Fsp3) is 0.250. The third kappa shape index (κ3) is 2.59. The molecule has 1 rings (SSSR count). The zero-order valence-electron chi connectivity index (χ0n) is 7.08. The number of carbonyl (C=O) groups is 1. The molecule has 1 heterocycles. The van der Waals surface area contributed by atoms with Gasteiger partial charge in [0.05, 0.1) is 0 Å². The number of pyridine rings is 1. The first-order valence-electron chi connectivity index (χ1n) is 3.70. The zero-order valence-corrected chi connectivity index (χ0v) is 7.84. The second-order valence-corrected chi connectivity index (χ2v) is 2.87. The van der Waals surface area contributed by atoms with Crippen molar-refractivity contribution in [1.29, 1.82) is 0 Å². The van der Waals surface area contributed by atoms with Gasteiger partial charge in [-0.2, -0.15) is 0 Å². The van der Waals surface area contributed by atoms with Gasteiger partial charge >= 0.3 is 0 Å². The Morgan fingerprint density at radius 3 is 2.92 bits per heavy atom. The Morgan fingerprint density at radius 1 is 1.69 bits per heavy atom. The Morgan fingerprint density at radius 2 is 2.38 bits per heavy atom. The molecule has 1 aromatic heterocycles. The van der Waals surface area contributed by atoms with Gasteiger partial charge in [0, 0.05) is 25.4 Å². The van der Waals surface area contributed by atoms with Gasteiger partial charge in [0.25, 0.3) is 0 Å². The molecule has 1 aromatic rings. The molecule has 1 N–H and O–H groups in total. The van der Waals surface area contributed by atoms with Crippen LogP contribution in [0.5, 0.6) is 0 Å². The first-order chi connectivity index (χ1) is 6.13. The number of likely N-dealkylation sites (N-methyl/N-ethyl adjacent to an activating group) is 1. The first kappa shape index (κ1) is 9.80. The zero-order chi connectivity index (χ0) is 9.84. The molecular formula is C8H9ClN2O2. The lowest BCUT2D eigenvalue weighted by Gasteiger charge is -2.06. The number of aromatic nitrogens is 1. The molecule has 0 saturated carbocycles. The second kappa shape index (κ2) is 4.09. The molecule has 4 nitrogen and oxygen atoms in total. The van der Waals surface area contributed by atoms with Crippen LogP contribution in [0.3, 0.4) is 0 Å². The summed E-state index contributed by atoms with van der Waals surface area (Å²) in [6.07, 6.45) is 1.49. The predicted molar refractivity (Wildman–Crippen MR) is 49.8 cm³/mol. The van der Waals surface area contributed by atoms with Crippen LogP contribution < -0.4 is 10.7 Å². The van der Waals surface area contributed by atoms with E-state index in [1.807, 2.05) is 0 Å². The molecule has 0 unspecified atom stereocenters. The van der Waals surface area contributed by atoms with Crippen LogP contribution in [0, 0.1) is 0 Å². The summed E-state index contributed by atoms with van der Waals surface area (Å²) in [7, 11) is 1.54. The maximum absolute atomic E-state index is 10.9. The molecule has 0 aromatic carbocycles. The van der Waals surface area contributed by atoms with Crippen LogP contribution in [0.25, 0.3) is 0 Å². The maximum atomic E-state index is 10.9. The molecular weight excluding hydrogens is 192 g/mol. The van der Waals surface area contributed by atoms with Gasteiger partial charge in [-0.3, -0.25) is 9.59 Å². The number of nitrogens with one attached hydrogen (secondary N) is 1. The molecule has 1 amide bonds. The topological polar surface area (TPSA) is 51.1 Å². The van der Waals surface area contributed by atoms with E-state index < -0.39 is 0 Å². The lowest BCUT2D eigenvalue weighted by atomic mass is 10.4. The van der Waals surface area contributed by atoms with Crippen molar-refractivity contribution in [2.75, 3.05) is 7.05 Å². The fourth-order valence-electron chi connectivity index (χ4n) is 0.845. The highest BCUT2D eigenvalue weighted by Crippen LogP contribution is 2.03. The maximum Gasteiger partial charge on any atom is 0.239 e. The summed E-state index contributed by atoms with van der Waals surface area (Å²) in [6, 6.07) is 2.62. The minimum Gasteiger partial charge on any atom is -0.358 e. The third-order valence-electron chi connectivity index (χ3n) is 1.55.